The highest BCUT2D eigenvalue weighted by Crippen LogP contribution is 2.32. The minimum atomic E-state index is 0.429. The van der Waals surface area contributed by atoms with Crippen molar-refractivity contribution in [1.82, 2.24) is 4.90 Å². The van der Waals surface area contributed by atoms with Gasteiger partial charge in [-0.2, -0.15) is 0 Å². The van der Waals surface area contributed by atoms with Gasteiger partial charge in [0.25, 0.3) is 0 Å². The highest BCUT2D eigenvalue weighted by molar-refractivity contribution is 5.92. The van der Waals surface area contributed by atoms with Crippen LogP contribution in [0.25, 0.3) is 0 Å². The molecule has 0 radical (unpaired) electrons. The molecule has 2 aliphatic heterocycles. The molecule has 0 saturated carbocycles. The van der Waals surface area contributed by atoms with Crippen molar-refractivity contribution in [3.8, 4) is 11.5 Å². The van der Waals surface area contributed by atoms with Crippen LogP contribution in [0.15, 0.2) is 47.5 Å². The van der Waals surface area contributed by atoms with Gasteiger partial charge in [0, 0.05) is 44.4 Å². The van der Waals surface area contributed by atoms with Gasteiger partial charge in [-0.1, -0.05) is 24.3 Å². The molecule has 28 heavy (non-hydrogen) atoms. The van der Waals surface area contributed by atoms with Gasteiger partial charge in [-0.15, -0.1) is 0 Å². The number of hydrogen-bond donors (Lipinski definition) is 2. The van der Waals surface area contributed by atoms with Crippen LogP contribution < -0.4 is 20.5 Å². The van der Waals surface area contributed by atoms with Crippen LogP contribution in [0, 0.1) is 0 Å². The molecule has 2 aromatic carbocycles. The molecular formula is C22H28N4O2. The van der Waals surface area contributed by atoms with E-state index >= 15 is 0 Å². The quantitative estimate of drug-likeness (QED) is 0.474. The Hall–Kier alpha value is -2.73. The summed E-state index contributed by atoms with van der Waals surface area (Å²) < 4.78 is 11.4. The number of anilines is 1. The van der Waals surface area contributed by atoms with Crippen LogP contribution in [0.2, 0.25) is 0 Å². The monoisotopic (exact) mass is 380 g/mol. The smallest absolute Gasteiger partial charge is 0.193 e. The zero-order valence-corrected chi connectivity index (χ0v) is 16.2. The van der Waals surface area contributed by atoms with E-state index in [1.807, 2.05) is 18.2 Å². The molecule has 0 spiro atoms. The fourth-order valence-electron chi connectivity index (χ4n) is 3.67. The second kappa shape index (κ2) is 8.97. The third-order valence-corrected chi connectivity index (χ3v) is 5.14. The third-order valence-electron chi connectivity index (χ3n) is 5.14. The molecule has 2 aliphatic rings. The number of fused-ring (bicyclic) bond motifs is 2. The van der Waals surface area contributed by atoms with E-state index in [0.29, 0.717) is 25.7 Å². The van der Waals surface area contributed by atoms with E-state index < -0.39 is 0 Å². The molecule has 6 nitrogen and oxygen atoms in total. The summed E-state index contributed by atoms with van der Waals surface area (Å²) in [6.07, 6.45) is 3.02. The number of ether oxygens (including phenoxy) is 2. The molecule has 0 amide bonds. The maximum absolute atomic E-state index is 6.05. The topological polar surface area (TPSA) is 72.1 Å². The number of guanidine groups is 1. The summed E-state index contributed by atoms with van der Waals surface area (Å²) in [5.74, 6) is 1.96. The van der Waals surface area contributed by atoms with Gasteiger partial charge >= 0.3 is 0 Å². The van der Waals surface area contributed by atoms with Gasteiger partial charge in [0.05, 0.1) is 13.2 Å². The largest absolute Gasteiger partial charge is 0.490 e. The average Bonchev–Trinajstić information content (AvgIpc) is 2.96. The normalized spacial score (nSPS) is 16.9. The lowest BCUT2D eigenvalue weighted by Crippen LogP contribution is -2.31. The standard InChI is InChI=1S/C22H28N4O2/c23-22(25-19-7-8-20-21(15-19)28-14-4-13-27-20)24-10-3-11-26-12-9-17-5-1-2-6-18(17)16-26/h1-2,5-8,15H,3-4,9-14,16H2,(H3,23,24,25). The molecule has 0 unspecified atom stereocenters. The fourth-order valence-corrected chi connectivity index (χ4v) is 3.67. The maximum Gasteiger partial charge on any atom is 0.193 e. The van der Waals surface area contributed by atoms with Gasteiger partial charge in [0.15, 0.2) is 17.5 Å². The van der Waals surface area contributed by atoms with E-state index in [0.717, 1.165) is 56.1 Å². The molecule has 0 aromatic heterocycles. The van der Waals surface area contributed by atoms with Crippen LogP contribution in [0.4, 0.5) is 5.69 Å². The lowest BCUT2D eigenvalue weighted by Gasteiger charge is -2.28. The number of rotatable bonds is 5. The predicted molar refractivity (Wildman–Crippen MR) is 112 cm³/mol. The number of nitrogens with zero attached hydrogens (tertiary/aromatic N) is 2. The number of hydrogen-bond acceptors (Lipinski definition) is 4. The second-order valence-electron chi connectivity index (χ2n) is 7.25. The molecule has 0 fully saturated rings. The SMILES string of the molecule is NC(=NCCCN1CCc2ccccc2C1)Nc1ccc2c(c1)OCCCO2. The molecule has 0 bridgehead atoms. The summed E-state index contributed by atoms with van der Waals surface area (Å²) in [6.45, 7) is 5.25. The van der Waals surface area contributed by atoms with Gasteiger partial charge in [-0.3, -0.25) is 9.89 Å². The first kappa shape index (κ1) is 18.6. The van der Waals surface area contributed by atoms with Gasteiger partial charge in [0.2, 0.25) is 0 Å². The van der Waals surface area contributed by atoms with Gasteiger partial charge in [0.1, 0.15) is 0 Å². The Kier molecular flexibility index (Phi) is 5.97. The van der Waals surface area contributed by atoms with E-state index in [1.54, 1.807) is 0 Å². The lowest BCUT2D eigenvalue weighted by molar-refractivity contribution is 0.253. The van der Waals surface area contributed by atoms with Crippen molar-refractivity contribution in [3.63, 3.8) is 0 Å². The second-order valence-corrected chi connectivity index (χ2v) is 7.25. The Bertz CT molecular complexity index is 837. The Labute approximate surface area is 166 Å². The van der Waals surface area contributed by atoms with Crippen LogP contribution in [-0.4, -0.2) is 43.7 Å². The van der Waals surface area contributed by atoms with Crippen molar-refractivity contribution < 1.29 is 9.47 Å². The zero-order chi connectivity index (χ0) is 19.2. The van der Waals surface area contributed by atoms with E-state index in [9.17, 15) is 0 Å². The molecule has 0 aliphatic carbocycles. The summed E-state index contributed by atoms with van der Waals surface area (Å²) in [4.78, 5) is 6.95. The third kappa shape index (κ3) is 4.75. The van der Waals surface area contributed by atoms with Crippen molar-refractivity contribution in [2.24, 2.45) is 10.7 Å². The van der Waals surface area contributed by atoms with Crippen molar-refractivity contribution in [1.29, 1.82) is 0 Å². The Balaban J connectivity index is 1.24. The minimum Gasteiger partial charge on any atom is -0.490 e. The number of benzene rings is 2. The van der Waals surface area contributed by atoms with Crippen LogP contribution in [0.3, 0.4) is 0 Å². The molecule has 0 saturated heterocycles. The first-order chi connectivity index (χ1) is 13.8. The van der Waals surface area contributed by atoms with Crippen molar-refractivity contribution >= 4 is 11.6 Å². The molecule has 4 rings (SSSR count). The average molecular weight is 380 g/mol. The summed E-state index contributed by atoms with van der Waals surface area (Å²) in [6, 6.07) is 14.5. The molecule has 148 valence electrons. The van der Waals surface area contributed by atoms with Crippen molar-refractivity contribution in [2.75, 3.05) is 38.2 Å². The van der Waals surface area contributed by atoms with Gasteiger partial charge in [-0.25, -0.2) is 0 Å². The number of aliphatic imine (C=N–C) groups is 1. The van der Waals surface area contributed by atoms with Gasteiger partial charge < -0.3 is 20.5 Å². The Morgan fingerprint density at radius 3 is 2.79 bits per heavy atom. The highest BCUT2D eigenvalue weighted by Gasteiger charge is 2.15. The number of nitrogens with two attached hydrogens (primary N) is 1. The Morgan fingerprint density at radius 2 is 1.89 bits per heavy atom. The number of nitrogens with one attached hydrogen (secondary N) is 1. The Morgan fingerprint density at radius 1 is 1.07 bits per heavy atom. The summed E-state index contributed by atoms with van der Waals surface area (Å²) in [5, 5.41) is 3.14. The van der Waals surface area contributed by atoms with E-state index in [2.05, 4.69) is 39.5 Å². The predicted octanol–water partition coefficient (Wildman–Crippen LogP) is 3.02. The molecule has 2 heterocycles. The van der Waals surface area contributed by atoms with E-state index in [-0.39, 0.29) is 0 Å². The van der Waals surface area contributed by atoms with Crippen LogP contribution >= 0.6 is 0 Å². The first-order valence-electron chi connectivity index (χ1n) is 10.0. The summed E-state index contributed by atoms with van der Waals surface area (Å²) in [7, 11) is 0. The molecule has 2 aromatic rings. The van der Waals surface area contributed by atoms with Crippen LogP contribution in [0.1, 0.15) is 24.0 Å². The first-order valence-corrected chi connectivity index (χ1v) is 10.0. The fraction of sp³-hybridized carbons (Fsp3) is 0.409. The van der Waals surface area contributed by atoms with Crippen LogP contribution in [-0.2, 0) is 13.0 Å². The van der Waals surface area contributed by atoms with Gasteiger partial charge in [-0.05, 0) is 36.1 Å². The highest BCUT2D eigenvalue weighted by atomic mass is 16.5. The van der Waals surface area contributed by atoms with Crippen molar-refractivity contribution in [3.05, 3.63) is 53.6 Å². The van der Waals surface area contributed by atoms with Crippen molar-refractivity contribution in [2.45, 2.75) is 25.8 Å². The maximum atomic E-state index is 6.05. The van der Waals surface area contributed by atoms with E-state index in [4.69, 9.17) is 15.2 Å². The molecular weight excluding hydrogens is 352 g/mol. The zero-order valence-electron chi connectivity index (χ0n) is 16.2. The van der Waals surface area contributed by atoms with Crippen LogP contribution in [0.5, 0.6) is 11.5 Å². The molecule has 6 heteroatoms. The minimum absolute atomic E-state index is 0.429. The van der Waals surface area contributed by atoms with E-state index in [1.165, 1.54) is 11.1 Å². The summed E-state index contributed by atoms with van der Waals surface area (Å²) >= 11 is 0. The molecule has 0 atom stereocenters. The molecule has 3 N–H and O–H groups in total. The summed E-state index contributed by atoms with van der Waals surface area (Å²) in [5.41, 5.74) is 9.85. The lowest BCUT2D eigenvalue weighted by atomic mass is 10.00.